The summed E-state index contributed by atoms with van der Waals surface area (Å²) in [5.74, 6) is -0.533. The summed E-state index contributed by atoms with van der Waals surface area (Å²) in [6, 6.07) is 18.2. The molecule has 0 aliphatic heterocycles. The van der Waals surface area contributed by atoms with E-state index in [1.807, 2.05) is 61.5 Å². The zero-order chi connectivity index (χ0) is 14.2. The first-order valence-corrected chi connectivity index (χ1v) is 6.96. The van der Waals surface area contributed by atoms with Crippen molar-refractivity contribution in [3.05, 3.63) is 71.3 Å². The number of hydrogen-bond donors (Lipinski definition) is 1. The Kier molecular flexibility index (Phi) is 3.09. The largest absolute Gasteiger partial charge is 0.481 e. The summed E-state index contributed by atoms with van der Waals surface area (Å²) < 4.78 is 0. The van der Waals surface area contributed by atoms with Gasteiger partial charge in [-0.15, -0.1) is 0 Å². The van der Waals surface area contributed by atoms with Crippen LogP contribution in [0.1, 0.15) is 29.0 Å². The number of carboxylic acids is 1. The molecule has 2 aromatic rings. The second-order valence-corrected chi connectivity index (χ2v) is 5.79. The summed E-state index contributed by atoms with van der Waals surface area (Å²) in [6.07, 6.45) is 1.35. The lowest BCUT2D eigenvalue weighted by atomic mass is 9.91. The van der Waals surface area contributed by atoms with Gasteiger partial charge in [-0.1, -0.05) is 60.2 Å². The van der Waals surface area contributed by atoms with Crippen molar-refractivity contribution in [1.82, 2.24) is 0 Å². The molecule has 0 aromatic heterocycles. The van der Waals surface area contributed by atoms with Gasteiger partial charge in [-0.2, -0.15) is 0 Å². The molecule has 2 nitrogen and oxygen atoms in total. The Hall–Kier alpha value is -2.09. The number of aliphatic carboxylic acids is 1. The molecule has 2 aromatic carbocycles. The average Bonchev–Trinajstić information content (AvgIpc) is 3.18. The molecule has 0 bridgehead atoms. The van der Waals surface area contributed by atoms with Crippen LogP contribution < -0.4 is 0 Å². The van der Waals surface area contributed by atoms with E-state index in [1.165, 1.54) is 5.56 Å². The molecule has 0 heterocycles. The van der Waals surface area contributed by atoms with E-state index >= 15 is 0 Å². The van der Waals surface area contributed by atoms with Crippen LogP contribution in [-0.4, -0.2) is 11.1 Å². The number of aryl methyl sites for hydroxylation is 1. The van der Waals surface area contributed by atoms with Gasteiger partial charge in [0.2, 0.25) is 0 Å². The summed E-state index contributed by atoms with van der Waals surface area (Å²) in [4.78, 5) is 11.7. The molecular weight excluding hydrogens is 248 g/mol. The Labute approximate surface area is 119 Å². The van der Waals surface area contributed by atoms with E-state index in [2.05, 4.69) is 0 Å². The number of carbonyl (C=O) groups is 1. The average molecular weight is 266 g/mol. The fourth-order valence-electron chi connectivity index (χ4n) is 3.01. The minimum Gasteiger partial charge on any atom is -0.481 e. The van der Waals surface area contributed by atoms with Crippen molar-refractivity contribution in [3.63, 3.8) is 0 Å². The molecule has 1 saturated carbocycles. The Morgan fingerprint density at radius 2 is 1.80 bits per heavy atom. The van der Waals surface area contributed by atoms with E-state index in [9.17, 15) is 9.90 Å². The second kappa shape index (κ2) is 4.78. The Balaban J connectivity index is 1.85. The first-order chi connectivity index (χ1) is 9.62. The minimum atomic E-state index is -0.674. The molecule has 3 rings (SSSR count). The molecule has 0 amide bonds. The van der Waals surface area contributed by atoms with Crippen molar-refractivity contribution < 1.29 is 9.90 Å². The van der Waals surface area contributed by atoms with Crippen LogP contribution in [0.15, 0.2) is 54.6 Å². The smallest absolute Gasteiger partial charge is 0.310 e. The summed E-state index contributed by atoms with van der Waals surface area (Å²) in [5, 5.41) is 9.65. The van der Waals surface area contributed by atoms with Crippen molar-refractivity contribution in [2.24, 2.45) is 5.41 Å². The van der Waals surface area contributed by atoms with E-state index < -0.39 is 11.4 Å². The van der Waals surface area contributed by atoms with E-state index in [1.54, 1.807) is 0 Å². The van der Waals surface area contributed by atoms with Gasteiger partial charge in [-0.3, -0.25) is 4.79 Å². The van der Waals surface area contributed by atoms with E-state index in [-0.39, 0.29) is 5.92 Å². The fraction of sp³-hybridized carbons (Fsp3) is 0.278. The monoisotopic (exact) mass is 266 g/mol. The zero-order valence-electron chi connectivity index (χ0n) is 11.5. The Morgan fingerprint density at radius 3 is 2.40 bits per heavy atom. The van der Waals surface area contributed by atoms with Gasteiger partial charge in [0, 0.05) is 5.92 Å². The number of carboxylic acid groups (broad SMARTS) is 1. The lowest BCUT2D eigenvalue weighted by Gasteiger charge is -2.13. The maximum absolute atomic E-state index is 11.7. The van der Waals surface area contributed by atoms with Crippen molar-refractivity contribution >= 4 is 5.97 Å². The molecule has 102 valence electrons. The third-order valence-corrected chi connectivity index (χ3v) is 4.34. The highest BCUT2D eigenvalue weighted by Crippen LogP contribution is 2.61. The SMILES string of the molecule is Cc1ccc(C[C@@]2(C(=O)O)C[C@H]2c2ccccc2)cc1. The van der Waals surface area contributed by atoms with Crippen LogP contribution in [0.25, 0.3) is 0 Å². The summed E-state index contributed by atoms with van der Waals surface area (Å²) >= 11 is 0. The van der Waals surface area contributed by atoms with Crippen LogP contribution in [0.5, 0.6) is 0 Å². The Morgan fingerprint density at radius 1 is 1.15 bits per heavy atom. The molecule has 1 aliphatic rings. The van der Waals surface area contributed by atoms with Gasteiger partial charge in [0.25, 0.3) is 0 Å². The van der Waals surface area contributed by atoms with E-state index in [0.717, 1.165) is 17.5 Å². The molecular formula is C18H18O2. The van der Waals surface area contributed by atoms with Crippen LogP contribution in [0.4, 0.5) is 0 Å². The molecule has 0 spiro atoms. The molecule has 2 heteroatoms. The zero-order valence-corrected chi connectivity index (χ0v) is 11.5. The van der Waals surface area contributed by atoms with Gasteiger partial charge >= 0.3 is 5.97 Å². The molecule has 1 fully saturated rings. The van der Waals surface area contributed by atoms with Gasteiger partial charge in [0.1, 0.15) is 0 Å². The summed E-state index contributed by atoms with van der Waals surface area (Å²) in [5.41, 5.74) is 2.84. The first-order valence-electron chi connectivity index (χ1n) is 6.96. The van der Waals surface area contributed by atoms with E-state index in [0.29, 0.717) is 6.42 Å². The molecule has 2 atom stereocenters. The lowest BCUT2D eigenvalue weighted by molar-refractivity contribution is -0.143. The van der Waals surface area contributed by atoms with Gasteiger partial charge in [0.05, 0.1) is 5.41 Å². The maximum atomic E-state index is 11.7. The highest BCUT2D eigenvalue weighted by Gasteiger charge is 2.60. The Bertz CT molecular complexity index is 616. The third kappa shape index (κ3) is 2.22. The lowest BCUT2D eigenvalue weighted by Crippen LogP contribution is -2.20. The number of hydrogen-bond acceptors (Lipinski definition) is 1. The van der Waals surface area contributed by atoms with Gasteiger partial charge in [-0.05, 0) is 30.9 Å². The molecule has 0 unspecified atom stereocenters. The van der Waals surface area contributed by atoms with Gasteiger partial charge in [-0.25, -0.2) is 0 Å². The molecule has 20 heavy (non-hydrogen) atoms. The normalized spacial score (nSPS) is 24.4. The predicted molar refractivity (Wildman–Crippen MR) is 78.8 cm³/mol. The van der Waals surface area contributed by atoms with Crippen LogP contribution in [-0.2, 0) is 11.2 Å². The van der Waals surface area contributed by atoms with Gasteiger partial charge < -0.3 is 5.11 Å². The molecule has 0 radical (unpaired) electrons. The topological polar surface area (TPSA) is 37.3 Å². The quantitative estimate of drug-likeness (QED) is 0.914. The first kappa shape index (κ1) is 12.9. The molecule has 1 aliphatic carbocycles. The maximum Gasteiger partial charge on any atom is 0.310 e. The minimum absolute atomic E-state index is 0.141. The van der Waals surface area contributed by atoms with Crippen LogP contribution in [0.3, 0.4) is 0 Å². The fourth-order valence-corrected chi connectivity index (χ4v) is 3.01. The third-order valence-electron chi connectivity index (χ3n) is 4.34. The highest BCUT2D eigenvalue weighted by molar-refractivity contribution is 5.81. The van der Waals surface area contributed by atoms with E-state index in [4.69, 9.17) is 0 Å². The van der Waals surface area contributed by atoms with Crippen LogP contribution in [0.2, 0.25) is 0 Å². The van der Waals surface area contributed by atoms with Crippen molar-refractivity contribution in [2.45, 2.75) is 25.7 Å². The van der Waals surface area contributed by atoms with Crippen molar-refractivity contribution in [1.29, 1.82) is 0 Å². The van der Waals surface area contributed by atoms with Crippen LogP contribution >= 0.6 is 0 Å². The number of rotatable bonds is 4. The van der Waals surface area contributed by atoms with Gasteiger partial charge in [0.15, 0.2) is 0 Å². The second-order valence-electron chi connectivity index (χ2n) is 5.79. The standard InChI is InChI=1S/C18H18O2/c1-13-7-9-14(10-8-13)11-18(17(19)20)12-16(18)15-5-3-2-4-6-15/h2-10,16H,11-12H2,1H3,(H,19,20)/t16-,18+/m0/s1. The summed E-state index contributed by atoms with van der Waals surface area (Å²) in [7, 11) is 0. The van der Waals surface area contributed by atoms with Crippen molar-refractivity contribution in [2.75, 3.05) is 0 Å². The molecule has 0 saturated heterocycles. The molecule has 1 N–H and O–H groups in total. The number of benzene rings is 2. The van der Waals surface area contributed by atoms with Crippen LogP contribution in [0, 0.1) is 12.3 Å². The predicted octanol–water partition coefficient (Wildman–Crippen LogP) is 3.80. The summed E-state index contributed by atoms with van der Waals surface area (Å²) in [6.45, 7) is 2.04. The highest BCUT2D eigenvalue weighted by atomic mass is 16.4. The van der Waals surface area contributed by atoms with Crippen molar-refractivity contribution in [3.8, 4) is 0 Å².